The first kappa shape index (κ1) is 14.1. The van der Waals surface area contributed by atoms with Crippen LogP contribution in [0.4, 0.5) is 4.39 Å². The van der Waals surface area contributed by atoms with Gasteiger partial charge in [-0.2, -0.15) is 0 Å². The highest BCUT2D eigenvalue weighted by atomic mass is 35.5. The standard InChI is InChI=1S/C17H18ClF/c1-12(2)14-6-8-15(9-7-14)17(18)11-13-4-3-5-16(19)10-13/h3-10,12,17H,11H2,1-2H3. The van der Waals surface area contributed by atoms with Gasteiger partial charge in [0.2, 0.25) is 0 Å². The molecule has 2 heteroatoms. The van der Waals surface area contributed by atoms with Gasteiger partial charge in [-0.15, -0.1) is 11.6 Å². The monoisotopic (exact) mass is 276 g/mol. The van der Waals surface area contributed by atoms with E-state index in [1.54, 1.807) is 6.07 Å². The third-order valence-electron chi connectivity index (χ3n) is 3.27. The van der Waals surface area contributed by atoms with Crippen molar-refractivity contribution in [3.05, 3.63) is 71.0 Å². The van der Waals surface area contributed by atoms with Crippen LogP contribution in [0.3, 0.4) is 0 Å². The van der Waals surface area contributed by atoms with Crippen LogP contribution in [0, 0.1) is 5.82 Å². The second-order valence-corrected chi connectivity index (χ2v) is 5.65. The van der Waals surface area contributed by atoms with E-state index in [1.807, 2.05) is 6.07 Å². The zero-order chi connectivity index (χ0) is 13.8. The van der Waals surface area contributed by atoms with Crippen molar-refractivity contribution in [3.63, 3.8) is 0 Å². The van der Waals surface area contributed by atoms with Crippen molar-refractivity contribution in [2.75, 3.05) is 0 Å². The lowest BCUT2D eigenvalue weighted by molar-refractivity contribution is 0.625. The van der Waals surface area contributed by atoms with Gasteiger partial charge >= 0.3 is 0 Å². The van der Waals surface area contributed by atoms with Crippen molar-refractivity contribution in [1.29, 1.82) is 0 Å². The molecule has 0 nitrogen and oxygen atoms in total. The summed E-state index contributed by atoms with van der Waals surface area (Å²) in [4.78, 5) is 0. The van der Waals surface area contributed by atoms with E-state index in [0.717, 1.165) is 11.1 Å². The molecule has 0 heterocycles. The van der Waals surface area contributed by atoms with Crippen LogP contribution < -0.4 is 0 Å². The molecular formula is C17H18ClF. The van der Waals surface area contributed by atoms with Crippen molar-refractivity contribution in [2.45, 2.75) is 31.6 Å². The lowest BCUT2D eigenvalue weighted by atomic mass is 9.98. The minimum atomic E-state index is -0.212. The average Bonchev–Trinajstić information content (AvgIpc) is 2.39. The Labute approximate surface area is 119 Å². The predicted molar refractivity (Wildman–Crippen MR) is 79.2 cm³/mol. The Morgan fingerprint density at radius 3 is 2.21 bits per heavy atom. The fourth-order valence-corrected chi connectivity index (χ4v) is 2.40. The second kappa shape index (κ2) is 6.21. The average molecular weight is 277 g/mol. The van der Waals surface area contributed by atoms with Crippen LogP contribution >= 0.6 is 11.6 Å². The summed E-state index contributed by atoms with van der Waals surface area (Å²) >= 11 is 6.40. The van der Waals surface area contributed by atoms with E-state index >= 15 is 0 Å². The van der Waals surface area contributed by atoms with Crippen LogP contribution in [0.25, 0.3) is 0 Å². The Balaban J connectivity index is 2.09. The van der Waals surface area contributed by atoms with Gasteiger partial charge in [0.25, 0.3) is 0 Å². The normalized spacial score (nSPS) is 12.7. The van der Waals surface area contributed by atoms with Crippen molar-refractivity contribution >= 4 is 11.6 Å². The fourth-order valence-electron chi connectivity index (χ4n) is 2.08. The molecule has 0 aliphatic rings. The van der Waals surface area contributed by atoms with Gasteiger partial charge in [0.05, 0.1) is 5.38 Å². The molecule has 0 aromatic heterocycles. The quantitative estimate of drug-likeness (QED) is 0.650. The van der Waals surface area contributed by atoms with Gasteiger partial charge in [0, 0.05) is 0 Å². The van der Waals surface area contributed by atoms with Crippen LogP contribution in [-0.4, -0.2) is 0 Å². The van der Waals surface area contributed by atoms with Crippen LogP contribution in [0.2, 0.25) is 0 Å². The molecule has 19 heavy (non-hydrogen) atoms. The topological polar surface area (TPSA) is 0 Å². The Morgan fingerprint density at radius 1 is 1.00 bits per heavy atom. The van der Waals surface area contributed by atoms with Crippen LogP contribution in [-0.2, 0) is 6.42 Å². The zero-order valence-electron chi connectivity index (χ0n) is 11.2. The molecule has 0 amide bonds. The van der Waals surface area contributed by atoms with E-state index in [4.69, 9.17) is 11.6 Å². The molecule has 0 spiro atoms. The second-order valence-electron chi connectivity index (χ2n) is 5.12. The van der Waals surface area contributed by atoms with E-state index in [0.29, 0.717) is 12.3 Å². The van der Waals surface area contributed by atoms with Gasteiger partial charge in [-0.25, -0.2) is 4.39 Å². The smallest absolute Gasteiger partial charge is 0.123 e. The highest BCUT2D eigenvalue weighted by molar-refractivity contribution is 6.20. The van der Waals surface area contributed by atoms with E-state index in [1.165, 1.54) is 17.7 Å². The van der Waals surface area contributed by atoms with E-state index < -0.39 is 0 Å². The third kappa shape index (κ3) is 3.81. The number of halogens is 2. The summed E-state index contributed by atoms with van der Waals surface area (Å²) in [6, 6.07) is 15.0. The molecule has 0 N–H and O–H groups in total. The third-order valence-corrected chi connectivity index (χ3v) is 3.68. The first-order valence-electron chi connectivity index (χ1n) is 6.54. The molecule has 0 radical (unpaired) electrons. The number of rotatable bonds is 4. The number of hydrogen-bond donors (Lipinski definition) is 0. The maximum Gasteiger partial charge on any atom is 0.123 e. The van der Waals surface area contributed by atoms with Gasteiger partial charge in [-0.05, 0) is 41.2 Å². The summed E-state index contributed by atoms with van der Waals surface area (Å²) in [5.41, 5.74) is 3.31. The Bertz CT molecular complexity index is 531. The number of alkyl halides is 1. The van der Waals surface area contributed by atoms with Gasteiger partial charge in [0.15, 0.2) is 0 Å². The molecule has 2 rings (SSSR count). The molecule has 0 fully saturated rings. The fraction of sp³-hybridized carbons (Fsp3) is 0.294. The minimum Gasteiger partial charge on any atom is -0.207 e. The Kier molecular flexibility index (Phi) is 4.60. The largest absolute Gasteiger partial charge is 0.207 e. The molecule has 2 aromatic carbocycles. The predicted octanol–water partition coefficient (Wildman–Crippen LogP) is 5.47. The SMILES string of the molecule is CC(C)c1ccc(C(Cl)Cc2cccc(F)c2)cc1. The van der Waals surface area contributed by atoms with Gasteiger partial charge < -0.3 is 0 Å². The summed E-state index contributed by atoms with van der Waals surface area (Å²) in [6.45, 7) is 4.33. The van der Waals surface area contributed by atoms with Gasteiger partial charge in [-0.3, -0.25) is 0 Å². The van der Waals surface area contributed by atoms with Crippen LogP contribution in [0.5, 0.6) is 0 Å². The van der Waals surface area contributed by atoms with Crippen molar-refractivity contribution in [3.8, 4) is 0 Å². The highest BCUT2D eigenvalue weighted by Gasteiger charge is 2.10. The molecule has 100 valence electrons. The lowest BCUT2D eigenvalue weighted by Gasteiger charge is -2.12. The van der Waals surface area contributed by atoms with Crippen molar-refractivity contribution < 1.29 is 4.39 Å². The first-order chi connectivity index (χ1) is 9.06. The summed E-state index contributed by atoms with van der Waals surface area (Å²) in [5.74, 6) is 0.308. The maximum atomic E-state index is 13.1. The number of hydrogen-bond acceptors (Lipinski definition) is 0. The number of benzene rings is 2. The molecule has 0 bridgehead atoms. The molecule has 0 aliphatic carbocycles. The highest BCUT2D eigenvalue weighted by Crippen LogP contribution is 2.26. The lowest BCUT2D eigenvalue weighted by Crippen LogP contribution is -1.97. The van der Waals surface area contributed by atoms with E-state index in [2.05, 4.69) is 38.1 Å². The molecule has 0 saturated heterocycles. The van der Waals surface area contributed by atoms with Crippen LogP contribution in [0.15, 0.2) is 48.5 Å². The molecule has 0 saturated carbocycles. The molecule has 2 aromatic rings. The van der Waals surface area contributed by atoms with Crippen molar-refractivity contribution in [1.82, 2.24) is 0 Å². The Morgan fingerprint density at radius 2 is 1.63 bits per heavy atom. The summed E-state index contributed by atoms with van der Waals surface area (Å²) in [6.07, 6.45) is 0.639. The molecule has 1 unspecified atom stereocenters. The molecule has 0 aliphatic heterocycles. The van der Waals surface area contributed by atoms with E-state index in [-0.39, 0.29) is 11.2 Å². The molecule has 1 atom stereocenters. The van der Waals surface area contributed by atoms with Gasteiger partial charge in [0.1, 0.15) is 5.82 Å². The van der Waals surface area contributed by atoms with E-state index in [9.17, 15) is 4.39 Å². The summed E-state index contributed by atoms with van der Waals surface area (Å²) < 4.78 is 13.1. The first-order valence-corrected chi connectivity index (χ1v) is 6.98. The Hall–Kier alpha value is -1.34. The van der Waals surface area contributed by atoms with Gasteiger partial charge in [-0.1, -0.05) is 50.2 Å². The molecular weight excluding hydrogens is 259 g/mol. The zero-order valence-corrected chi connectivity index (χ0v) is 12.0. The summed E-state index contributed by atoms with van der Waals surface area (Å²) in [7, 11) is 0. The maximum absolute atomic E-state index is 13.1. The minimum absolute atomic E-state index is 0.122. The summed E-state index contributed by atoms with van der Waals surface area (Å²) in [5, 5.41) is -0.122. The van der Waals surface area contributed by atoms with Crippen LogP contribution in [0.1, 0.15) is 41.8 Å². The van der Waals surface area contributed by atoms with Crippen molar-refractivity contribution in [2.24, 2.45) is 0 Å².